The monoisotopic (exact) mass is 542 g/mol. The van der Waals surface area contributed by atoms with Gasteiger partial charge in [0.05, 0.1) is 5.69 Å². The molecule has 3 rings (SSSR count). The summed E-state index contributed by atoms with van der Waals surface area (Å²) in [6.45, 7) is 0. The molecule has 0 radical (unpaired) electrons. The number of nitrogens with zero attached hydrogens (tertiary/aromatic N) is 4. The maximum absolute atomic E-state index is 9.34. The van der Waals surface area contributed by atoms with Crippen LogP contribution in [-0.2, 0) is 0 Å². The van der Waals surface area contributed by atoms with Crippen molar-refractivity contribution in [1.82, 2.24) is 10.3 Å². The lowest BCUT2D eigenvalue weighted by atomic mass is 9.95. The standard InChI is InChI=1S/C15H9BrClIN8/c16-10-6(1-5(17)2-8(10)18)12-9-11(21)7(3-19)13(22)25-14(9)26-15(24-12)23-4-20/h1-2,12H,(H6,21,22,23,24,25,26). The number of guanidine groups is 1. The number of nitrogens with two attached hydrogens (primary N) is 2. The average molecular weight is 544 g/mol. The number of benzene rings is 1. The molecule has 26 heavy (non-hydrogen) atoms. The number of nitriles is 2. The number of nitrogens with one attached hydrogen (secondary N) is 2. The Hall–Kier alpha value is -2.28. The third-order valence-electron chi connectivity index (χ3n) is 3.67. The van der Waals surface area contributed by atoms with E-state index >= 15 is 0 Å². The number of fused-ring (bicyclic) bond motifs is 1. The molecule has 1 aromatic heterocycles. The van der Waals surface area contributed by atoms with Crippen LogP contribution >= 0.6 is 50.1 Å². The van der Waals surface area contributed by atoms with E-state index in [0.29, 0.717) is 22.0 Å². The van der Waals surface area contributed by atoms with Gasteiger partial charge >= 0.3 is 0 Å². The van der Waals surface area contributed by atoms with Crippen LogP contribution in [0.5, 0.6) is 0 Å². The fraction of sp³-hybridized carbons (Fsp3) is 0.0667. The first-order valence-electron chi connectivity index (χ1n) is 7.00. The van der Waals surface area contributed by atoms with Gasteiger partial charge < -0.3 is 16.8 Å². The second-order valence-electron chi connectivity index (χ2n) is 5.19. The maximum atomic E-state index is 9.34. The SMILES string of the molecule is N#CNC1=NC(c2cc(Cl)cc(I)c2Br)c2c(nc(N)c(C#N)c2N)N1. The summed E-state index contributed by atoms with van der Waals surface area (Å²) in [4.78, 5) is 8.71. The largest absolute Gasteiger partial charge is 0.397 e. The van der Waals surface area contributed by atoms with E-state index in [1.54, 1.807) is 18.3 Å². The van der Waals surface area contributed by atoms with Crippen LogP contribution in [0.3, 0.4) is 0 Å². The molecule has 1 aliphatic heterocycles. The Morgan fingerprint density at radius 3 is 2.73 bits per heavy atom. The molecule has 0 bridgehead atoms. The molecule has 1 atom stereocenters. The zero-order chi connectivity index (χ0) is 19.0. The van der Waals surface area contributed by atoms with Crippen LogP contribution in [0, 0.1) is 26.4 Å². The predicted octanol–water partition coefficient (Wildman–Crippen LogP) is 3.08. The molecule has 1 unspecified atom stereocenters. The number of rotatable bonds is 1. The Balaban J connectivity index is 2.32. The summed E-state index contributed by atoms with van der Waals surface area (Å²) >= 11 is 11.9. The van der Waals surface area contributed by atoms with Crippen molar-refractivity contribution >= 4 is 73.4 Å². The highest BCUT2D eigenvalue weighted by molar-refractivity contribution is 14.1. The van der Waals surface area contributed by atoms with E-state index in [9.17, 15) is 5.26 Å². The summed E-state index contributed by atoms with van der Waals surface area (Å²) in [5, 5.41) is 24.1. The number of hydrogen-bond donors (Lipinski definition) is 4. The zero-order valence-electron chi connectivity index (χ0n) is 12.8. The normalized spacial score (nSPS) is 15.1. The molecule has 1 aromatic carbocycles. The van der Waals surface area contributed by atoms with Crippen molar-refractivity contribution in [2.75, 3.05) is 16.8 Å². The van der Waals surface area contributed by atoms with Gasteiger partial charge in [-0.2, -0.15) is 10.5 Å². The fourth-order valence-corrected chi connectivity index (χ4v) is 4.08. The number of hydrogen-bond acceptors (Lipinski definition) is 8. The molecule has 0 aliphatic carbocycles. The Labute approximate surface area is 175 Å². The summed E-state index contributed by atoms with van der Waals surface area (Å²) < 4.78 is 1.65. The minimum absolute atomic E-state index is 0.00653. The van der Waals surface area contributed by atoms with Crippen LogP contribution < -0.4 is 22.1 Å². The van der Waals surface area contributed by atoms with Gasteiger partial charge in [-0.3, -0.25) is 5.32 Å². The highest BCUT2D eigenvalue weighted by Gasteiger charge is 2.31. The molecular weight excluding hydrogens is 534 g/mol. The van der Waals surface area contributed by atoms with Gasteiger partial charge in [0.25, 0.3) is 0 Å². The van der Waals surface area contributed by atoms with Crippen molar-refractivity contribution in [1.29, 1.82) is 10.5 Å². The highest BCUT2D eigenvalue weighted by Crippen LogP contribution is 2.44. The van der Waals surface area contributed by atoms with Crippen LogP contribution in [0.25, 0.3) is 0 Å². The Morgan fingerprint density at radius 2 is 2.08 bits per heavy atom. The van der Waals surface area contributed by atoms with Crippen molar-refractivity contribution in [3.05, 3.63) is 41.9 Å². The molecule has 6 N–H and O–H groups in total. The molecular formula is C15H9BrClIN8. The molecule has 0 saturated carbocycles. The summed E-state index contributed by atoms with van der Waals surface area (Å²) in [7, 11) is 0. The van der Waals surface area contributed by atoms with Gasteiger partial charge in [-0.25, -0.2) is 9.98 Å². The van der Waals surface area contributed by atoms with Crippen LogP contribution in [0.2, 0.25) is 5.02 Å². The lowest BCUT2D eigenvalue weighted by molar-refractivity contribution is 0.841. The Kier molecular flexibility index (Phi) is 5.09. The second kappa shape index (κ2) is 7.15. The number of halogens is 3. The summed E-state index contributed by atoms with van der Waals surface area (Å²) in [6, 6.07) is 4.85. The van der Waals surface area contributed by atoms with E-state index in [-0.39, 0.29) is 23.0 Å². The van der Waals surface area contributed by atoms with Crippen LogP contribution in [0.4, 0.5) is 17.3 Å². The first-order valence-corrected chi connectivity index (χ1v) is 9.25. The Bertz CT molecular complexity index is 1040. The van der Waals surface area contributed by atoms with Crippen molar-refractivity contribution in [2.24, 2.45) is 4.99 Å². The molecule has 0 spiro atoms. The number of pyridine rings is 1. The van der Waals surface area contributed by atoms with Crippen LogP contribution in [0.1, 0.15) is 22.7 Å². The maximum Gasteiger partial charge on any atom is 0.211 e. The van der Waals surface area contributed by atoms with E-state index in [4.69, 9.17) is 28.3 Å². The molecule has 0 fully saturated rings. The number of aliphatic imine (C=N–C) groups is 1. The van der Waals surface area contributed by atoms with E-state index in [1.165, 1.54) is 0 Å². The highest BCUT2D eigenvalue weighted by atomic mass is 127. The minimum Gasteiger partial charge on any atom is -0.397 e. The summed E-state index contributed by atoms with van der Waals surface area (Å²) in [6.07, 6.45) is 1.80. The second-order valence-corrected chi connectivity index (χ2v) is 7.58. The van der Waals surface area contributed by atoms with Crippen molar-refractivity contribution in [3.8, 4) is 12.3 Å². The van der Waals surface area contributed by atoms with E-state index in [1.807, 2.05) is 6.07 Å². The lowest BCUT2D eigenvalue weighted by Crippen LogP contribution is -2.33. The average Bonchev–Trinajstić information content (AvgIpc) is 2.58. The fourth-order valence-electron chi connectivity index (χ4n) is 2.58. The summed E-state index contributed by atoms with van der Waals surface area (Å²) in [5.74, 6) is 0.495. The molecule has 1 aliphatic rings. The number of nitrogen functional groups attached to an aromatic ring is 2. The third-order valence-corrected chi connectivity index (χ3v) is 6.37. The molecule has 0 amide bonds. The first-order chi connectivity index (χ1) is 12.4. The van der Waals surface area contributed by atoms with E-state index in [2.05, 4.69) is 59.1 Å². The number of aromatic nitrogens is 1. The van der Waals surface area contributed by atoms with Gasteiger partial charge in [-0.15, -0.1) is 0 Å². The zero-order valence-corrected chi connectivity index (χ0v) is 17.3. The van der Waals surface area contributed by atoms with Gasteiger partial charge in [0, 0.05) is 18.6 Å². The van der Waals surface area contributed by atoms with Crippen molar-refractivity contribution in [3.63, 3.8) is 0 Å². The molecule has 2 heterocycles. The topological polar surface area (TPSA) is 149 Å². The predicted molar refractivity (Wildman–Crippen MR) is 111 cm³/mol. The summed E-state index contributed by atoms with van der Waals surface area (Å²) in [5.41, 5.74) is 13.5. The van der Waals surface area contributed by atoms with Crippen molar-refractivity contribution < 1.29 is 0 Å². The van der Waals surface area contributed by atoms with Gasteiger partial charge in [-0.05, 0) is 56.2 Å². The van der Waals surface area contributed by atoms with Crippen molar-refractivity contribution in [2.45, 2.75) is 6.04 Å². The quantitative estimate of drug-likeness (QED) is 0.187. The molecule has 8 nitrogen and oxygen atoms in total. The third kappa shape index (κ3) is 3.11. The Morgan fingerprint density at radius 1 is 1.35 bits per heavy atom. The minimum atomic E-state index is -0.649. The van der Waals surface area contributed by atoms with Crippen LogP contribution in [-0.4, -0.2) is 10.9 Å². The molecule has 0 saturated heterocycles. The smallest absolute Gasteiger partial charge is 0.211 e. The van der Waals surface area contributed by atoms with Gasteiger partial charge in [-0.1, -0.05) is 11.6 Å². The van der Waals surface area contributed by atoms with Crippen LogP contribution in [0.15, 0.2) is 21.6 Å². The van der Waals surface area contributed by atoms with Gasteiger partial charge in [0.15, 0.2) is 6.19 Å². The molecule has 11 heteroatoms. The molecule has 2 aromatic rings. The van der Waals surface area contributed by atoms with Gasteiger partial charge in [0.2, 0.25) is 5.96 Å². The molecule has 130 valence electrons. The number of anilines is 3. The van der Waals surface area contributed by atoms with E-state index in [0.717, 1.165) is 8.04 Å². The lowest BCUT2D eigenvalue weighted by Gasteiger charge is -2.27. The van der Waals surface area contributed by atoms with E-state index < -0.39 is 6.04 Å². The first kappa shape index (κ1) is 18.5. The van der Waals surface area contributed by atoms with Gasteiger partial charge in [0.1, 0.15) is 29.3 Å².